The fraction of sp³-hybridized carbons (Fsp3) is 0.600. The number of esters is 1. The first-order valence-electron chi connectivity index (χ1n) is 7.13. The van der Waals surface area contributed by atoms with Gasteiger partial charge in [0, 0.05) is 6.04 Å². The van der Waals surface area contributed by atoms with Gasteiger partial charge in [-0.3, -0.25) is 4.79 Å². The Hall–Kier alpha value is -1.36. The Kier molecular flexibility index (Phi) is 5.17. The molecule has 5 heteroatoms. The van der Waals surface area contributed by atoms with Crippen molar-refractivity contribution >= 4 is 23.2 Å². The summed E-state index contributed by atoms with van der Waals surface area (Å²) in [6, 6.07) is 3.69. The molecule has 0 saturated heterocycles. The van der Waals surface area contributed by atoms with E-state index in [1.165, 1.54) is 17.8 Å². The van der Waals surface area contributed by atoms with Crippen LogP contribution in [0.5, 0.6) is 0 Å². The first-order valence-corrected chi connectivity index (χ1v) is 8.00. The van der Waals surface area contributed by atoms with Gasteiger partial charge in [-0.2, -0.15) is 0 Å². The smallest absolute Gasteiger partial charge is 0.349 e. The van der Waals surface area contributed by atoms with Crippen molar-refractivity contribution in [1.82, 2.24) is 5.32 Å². The molecule has 0 unspecified atom stereocenters. The molecule has 1 aliphatic rings. The molecule has 4 nitrogen and oxygen atoms in total. The Labute approximate surface area is 123 Å². The highest BCUT2D eigenvalue weighted by atomic mass is 32.1. The SMILES string of the molecule is C[C@@H](OC(=O)c1cccs1)C(=O)N[C@H]1CCCC[C@@H]1C. The number of thiophene rings is 1. The molecule has 1 aliphatic carbocycles. The third kappa shape index (κ3) is 3.82. The van der Waals surface area contributed by atoms with E-state index in [2.05, 4.69) is 12.2 Å². The van der Waals surface area contributed by atoms with Crippen LogP contribution in [0, 0.1) is 5.92 Å². The van der Waals surface area contributed by atoms with E-state index in [1.54, 1.807) is 19.1 Å². The maximum absolute atomic E-state index is 12.1. The van der Waals surface area contributed by atoms with Gasteiger partial charge in [0.25, 0.3) is 5.91 Å². The van der Waals surface area contributed by atoms with Gasteiger partial charge in [0.15, 0.2) is 6.10 Å². The maximum atomic E-state index is 12.1. The molecular formula is C15H21NO3S. The number of amides is 1. The summed E-state index contributed by atoms with van der Waals surface area (Å²) in [5.74, 6) is -0.138. The number of hydrogen-bond donors (Lipinski definition) is 1. The Morgan fingerprint density at radius 2 is 2.15 bits per heavy atom. The fourth-order valence-electron chi connectivity index (χ4n) is 2.50. The molecule has 0 spiro atoms. The van der Waals surface area contributed by atoms with Gasteiger partial charge >= 0.3 is 5.97 Å². The Morgan fingerprint density at radius 1 is 1.40 bits per heavy atom. The van der Waals surface area contributed by atoms with Crippen molar-refractivity contribution in [2.45, 2.75) is 51.7 Å². The highest BCUT2D eigenvalue weighted by Gasteiger charge is 2.26. The second-order valence-electron chi connectivity index (χ2n) is 5.40. The van der Waals surface area contributed by atoms with Crippen LogP contribution in [0.1, 0.15) is 49.2 Å². The molecule has 3 atom stereocenters. The summed E-state index contributed by atoms with van der Waals surface area (Å²) in [6.45, 7) is 3.78. The number of carbonyl (C=O) groups excluding carboxylic acids is 2. The molecule has 1 fully saturated rings. The van der Waals surface area contributed by atoms with E-state index in [1.807, 2.05) is 5.38 Å². The third-order valence-electron chi connectivity index (χ3n) is 3.81. The second-order valence-corrected chi connectivity index (χ2v) is 6.35. The van der Waals surface area contributed by atoms with Gasteiger partial charge in [-0.15, -0.1) is 11.3 Å². The second kappa shape index (κ2) is 6.88. The number of ether oxygens (including phenoxy) is 1. The van der Waals surface area contributed by atoms with Crippen LogP contribution in [0.15, 0.2) is 17.5 Å². The number of rotatable bonds is 4. The van der Waals surface area contributed by atoms with E-state index in [-0.39, 0.29) is 11.9 Å². The lowest BCUT2D eigenvalue weighted by Crippen LogP contribution is -2.45. The maximum Gasteiger partial charge on any atom is 0.349 e. The summed E-state index contributed by atoms with van der Waals surface area (Å²) in [5, 5.41) is 4.82. The predicted octanol–water partition coefficient (Wildman–Crippen LogP) is 2.99. The molecule has 2 rings (SSSR count). The summed E-state index contributed by atoms with van der Waals surface area (Å²) in [7, 11) is 0. The van der Waals surface area contributed by atoms with Gasteiger partial charge < -0.3 is 10.1 Å². The van der Waals surface area contributed by atoms with E-state index < -0.39 is 12.1 Å². The largest absolute Gasteiger partial charge is 0.448 e. The van der Waals surface area contributed by atoms with Crippen LogP contribution in [-0.2, 0) is 9.53 Å². The van der Waals surface area contributed by atoms with E-state index in [9.17, 15) is 9.59 Å². The highest BCUT2D eigenvalue weighted by Crippen LogP contribution is 2.23. The topological polar surface area (TPSA) is 55.4 Å². The van der Waals surface area contributed by atoms with E-state index in [0.29, 0.717) is 10.8 Å². The van der Waals surface area contributed by atoms with Crippen LogP contribution in [0.4, 0.5) is 0 Å². The average molecular weight is 295 g/mol. The molecule has 20 heavy (non-hydrogen) atoms. The van der Waals surface area contributed by atoms with Gasteiger partial charge in [0.05, 0.1) is 0 Å². The minimum Gasteiger partial charge on any atom is -0.448 e. The first-order chi connectivity index (χ1) is 9.58. The van der Waals surface area contributed by atoms with Crippen molar-refractivity contribution < 1.29 is 14.3 Å². The lowest BCUT2D eigenvalue weighted by atomic mass is 9.86. The summed E-state index contributed by atoms with van der Waals surface area (Å²) < 4.78 is 5.19. The van der Waals surface area contributed by atoms with Gasteiger partial charge in [0.1, 0.15) is 4.88 Å². The van der Waals surface area contributed by atoms with Crippen molar-refractivity contribution in [2.75, 3.05) is 0 Å². The molecule has 0 radical (unpaired) electrons. The molecule has 1 N–H and O–H groups in total. The zero-order valence-electron chi connectivity index (χ0n) is 11.9. The van der Waals surface area contributed by atoms with Crippen LogP contribution in [0.3, 0.4) is 0 Å². The van der Waals surface area contributed by atoms with Crippen molar-refractivity contribution in [2.24, 2.45) is 5.92 Å². The lowest BCUT2D eigenvalue weighted by molar-refractivity contribution is -0.130. The summed E-state index contributed by atoms with van der Waals surface area (Å²) in [5.41, 5.74) is 0. The predicted molar refractivity (Wildman–Crippen MR) is 78.8 cm³/mol. The molecule has 0 aromatic carbocycles. The van der Waals surface area contributed by atoms with E-state index >= 15 is 0 Å². The Balaban J connectivity index is 1.84. The van der Waals surface area contributed by atoms with Crippen molar-refractivity contribution in [1.29, 1.82) is 0 Å². The van der Waals surface area contributed by atoms with Crippen LogP contribution in [0.2, 0.25) is 0 Å². The standard InChI is InChI=1S/C15H21NO3S/c1-10-6-3-4-7-12(10)16-14(17)11(2)19-15(18)13-8-5-9-20-13/h5,8-12H,3-4,6-7H2,1-2H3,(H,16,17)/t10-,11+,12-/m0/s1. The van der Waals surface area contributed by atoms with Crippen molar-refractivity contribution in [3.8, 4) is 0 Å². The van der Waals surface area contributed by atoms with Crippen LogP contribution >= 0.6 is 11.3 Å². The average Bonchev–Trinajstić information content (AvgIpc) is 2.95. The monoisotopic (exact) mass is 295 g/mol. The minimum absolute atomic E-state index is 0.200. The zero-order valence-corrected chi connectivity index (χ0v) is 12.7. The molecule has 1 saturated carbocycles. The third-order valence-corrected chi connectivity index (χ3v) is 4.66. The summed E-state index contributed by atoms with van der Waals surface area (Å²) in [4.78, 5) is 24.4. The molecule has 1 amide bonds. The van der Waals surface area contributed by atoms with Crippen LogP contribution < -0.4 is 5.32 Å². The number of hydrogen-bond acceptors (Lipinski definition) is 4. The van der Waals surface area contributed by atoms with Gasteiger partial charge in [-0.1, -0.05) is 25.8 Å². The summed E-state index contributed by atoms with van der Waals surface area (Å²) >= 11 is 1.31. The molecular weight excluding hydrogens is 274 g/mol. The highest BCUT2D eigenvalue weighted by molar-refractivity contribution is 7.11. The van der Waals surface area contributed by atoms with Crippen molar-refractivity contribution in [3.63, 3.8) is 0 Å². The summed E-state index contributed by atoms with van der Waals surface area (Å²) in [6.07, 6.45) is 3.79. The van der Waals surface area contributed by atoms with E-state index in [4.69, 9.17) is 4.74 Å². The quantitative estimate of drug-likeness (QED) is 0.869. The van der Waals surface area contributed by atoms with Crippen LogP contribution in [0.25, 0.3) is 0 Å². The van der Waals surface area contributed by atoms with Gasteiger partial charge in [0.2, 0.25) is 0 Å². The molecule has 0 bridgehead atoms. The lowest BCUT2D eigenvalue weighted by Gasteiger charge is -2.30. The molecule has 0 aliphatic heterocycles. The van der Waals surface area contributed by atoms with E-state index in [0.717, 1.165) is 19.3 Å². The molecule has 1 aromatic rings. The molecule has 1 aromatic heterocycles. The molecule has 110 valence electrons. The normalized spacial score (nSPS) is 23.9. The van der Waals surface area contributed by atoms with Crippen LogP contribution in [-0.4, -0.2) is 24.0 Å². The number of carbonyl (C=O) groups is 2. The van der Waals surface area contributed by atoms with Gasteiger partial charge in [-0.05, 0) is 37.1 Å². The van der Waals surface area contributed by atoms with Crippen molar-refractivity contribution in [3.05, 3.63) is 22.4 Å². The zero-order chi connectivity index (χ0) is 14.5. The molecule has 1 heterocycles. The number of nitrogens with one attached hydrogen (secondary N) is 1. The van der Waals surface area contributed by atoms with Gasteiger partial charge in [-0.25, -0.2) is 4.79 Å². The fourth-order valence-corrected chi connectivity index (χ4v) is 3.10. The first kappa shape index (κ1) is 15.0. The Morgan fingerprint density at radius 3 is 2.80 bits per heavy atom. The Bertz CT molecular complexity index is 458. The minimum atomic E-state index is -0.751.